The third-order valence-electron chi connectivity index (χ3n) is 0.924. The van der Waals surface area contributed by atoms with Crippen molar-refractivity contribution in [2.75, 3.05) is 0 Å². The summed E-state index contributed by atoms with van der Waals surface area (Å²) in [4.78, 5) is 13.6. The number of halogens is 1. The van der Waals surface area contributed by atoms with Crippen LogP contribution in [0.25, 0.3) is 0 Å². The quantitative estimate of drug-likeness (QED) is 0.330. The van der Waals surface area contributed by atoms with E-state index in [-0.39, 0.29) is 29.7 Å². The molecule has 0 unspecified atom stereocenters. The van der Waals surface area contributed by atoms with E-state index in [1.54, 1.807) is 0 Å². The van der Waals surface area contributed by atoms with Crippen molar-refractivity contribution in [1.29, 1.82) is 0 Å². The van der Waals surface area contributed by atoms with Crippen LogP contribution in [0.2, 0.25) is 5.15 Å². The molecule has 1 aromatic rings. The summed E-state index contributed by atoms with van der Waals surface area (Å²) < 4.78 is 0. The molecule has 11 heavy (non-hydrogen) atoms. The first kappa shape index (κ1) is 10.5. The Balaban J connectivity index is 0.000001000. The van der Waals surface area contributed by atoms with Crippen molar-refractivity contribution in [2.45, 2.75) is 0 Å². The molecule has 0 radical (unpaired) electrons. The van der Waals surface area contributed by atoms with Crippen LogP contribution in [0.1, 0.15) is 10.5 Å². The number of aromatic carboxylic acids is 1. The van der Waals surface area contributed by atoms with Crippen molar-refractivity contribution in [2.24, 2.45) is 0 Å². The molecule has 1 aromatic heterocycles. The standard InChI is InChI=1S/C6H4ClNO2.Li/c7-5-3-1-2-4(8-5)6(9)10;/h1-3H,(H,9,10);/q;+1/p-1. The minimum atomic E-state index is -1.32. The number of carbonyl (C=O) groups is 1. The first-order valence-corrected chi connectivity index (χ1v) is 2.92. The van der Waals surface area contributed by atoms with Gasteiger partial charge in [-0.2, -0.15) is 0 Å². The first-order valence-electron chi connectivity index (χ1n) is 2.54. The molecule has 0 N–H and O–H groups in total. The Labute approximate surface area is 80.6 Å². The Morgan fingerprint density at radius 1 is 1.55 bits per heavy atom. The van der Waals surface area contributed by atoms with Gasteiger partial charge < -0.3 is 9.90 Å². The molecule has 3 nitrogen and oxygen atoms in total. The van der Waals surface area contributed by atoms with Crippen molar-refractivity contribution in [1.82, 2.24) is 4.98 Å². The first-order chi connectivity index (χ1) is 4.70. The van der Waals surface area contributed by atoms with E-state index in [2.05, 4.69) is 4.98 Å². The van der Waals surface area contributed by atoms with Crippen molar-refractivity contribution in [3.63, 3.8) is 0 Å². The molecule has 0 amide bonds. The zero-order valence-corrected chi connectivity index (χ0v) is 6.63. The van der Waals surface area contributed by atoms with Gasteiger partial charge in [0.05, 0.1) is 11.7 Å². The number of hydrogen-bond donors (Lipinski definition) is 0. The molecule has 0 aliphatic heterocycles. The fourth-order valence-corrected chi connectivity index (χ4v) is 0.686. The fourth-order valence-electron chi connectivity index (χ4n) is 0.522. The van der Waals surface area contributed by atoms with E-state index in [9.17, 15) is 9.90 Å². The maximum absolute atomic E-state index is 10.1. The molecule has 0 saturated carbocycles. The number of pyridine rings is 1. The molecule has 1 rings (SSSR count). The Morgan fingerprint density at radius 3 is 2.55 bits per heavy atom. The zero-order valence-electron chi connectivity index (χ0n) is 5.87. The molecule has 0 saturated heterocycles. The van der Waals surface area contributed by atoms with Crippen molar-refractivity contribution >= 4 is 17.6 Å². The van der Waals surface area contributed by atoms with E-state index in [4.69, 9.17) is 11.6 Å². The summed E-state index contributed by atoms with van der Waals surface area (Å²) in [5.74, 6) is -1.32. The summed E-state index contributed by atoms with van der Waals surface area (Å²) in [5, 5.41) is 10.3. The predicted octanol–water partition coefficient (Wildman–Crippen LogP) is -2.90. The second kappa shape index (κ2) is 4.40. The van der Waals surface area contributed by atoms with E-state index in [0.717, 1.165) is 0 Å². The molecule has 1 heterocycles. The molecule has 0 aliphatic rings. The smallest absolute Gasteiger partial charge is 0.543 e. The van der Waals surface area contributed by atoms with Crippen LogP contribution in [0.15, 0.2) is 18.2 Å². The molecule has 5 heteroatoms. The Morgan fingerprint density at radius 2 is 2.18 bits per heavy atom. The van der Waals surface area contributed by atoms with Crippen molar-refractivity contribution < 1.29 is 28.8 Å². The van der Waals surface area contributed by atoms with Crippen molar-refractivity contribution in [3.8, 4) is 0 Å². The molecular weight excluding hydrogens is 160 g/mol. The third-order valence-corrected chi connectivity index (χ3v) is 1.13. The average Bonchev–Trinajstić information content (AvgIpc) is 1.88. The normalized spacial score (nSPS) is 8.45. The maximum atomic E-state index is 10.1. The molecule has 0 aromatic carbocycles. The molecule has 0 bridgehead atoms. The number of nitrogens with zero attached hydrogens (tertiary/aromatic N) is 1. The van der Waals surface area contributed by atoms with Crippen LogP contribution in [0.4, 0.5) is 0 Å². The van der Waals surface area contributed by atoms with Gasteiger partial charge in [-0.15, -0.1) is 0 Å². The topological polar surface area (TPSA) is 53.0 Å². The van der Waals surface area contributed by atoms with Gasteiger partial charge in [0.15, 0.2) is 0 Å². The summed E-state index contributed by atoms with van der Waals surface area (Å²) in [6.45, 7) is 0. The molecule has 0 spiro atoms. The van der Waals surface area contributed by atoms with Crippen molar-refractivity contribution in [3.05, 3.63) is 29.0 Å². The predicted molar refractivity (Wildman–Crippen MR) is 33.6 cm³/mol. The van der Waals surface area contributed by atoms with Gasteiger partial charge in [0.1, 0.15) is 5.15 Å². The van der Waals surface area contributed by atoms with E-state index < -0.39 is 5.97 Å². The van der Waals surface area contributed by atoms with Gasteiger partial charge in [-0.3, -0.25) is 0 Å². The van der Waals surface area contributed by atoms with Crippen LogP contribution in [0.3, 0.4) is 0 Å². The van der Waals surface area contributed by atoms with Gasteiger partial charge >= 0.3 is 18.9 Å². The van der Waals surface area contributed by atoms with Crippen LogP contribution >= 0.6 is 11.6 Å². The van der Waals surface area contributed by atoms with Gasteiger partial charge in [-0.05, 0) is 12.1 Å². The molecule has 0 fully saturated rings. The number of aromatic nitrogens is 1. The van der Waals surface area contributed by atoms with Gasteiger partial charge in [0.2, 0.25) is 0 Å². The van der Waals surface area contributed by atoms with Gasteiger partial charge in [0.25, 0.3) is 0 Å². The number of carboxylic acid groups (broad SMARTS) is 1. The van der Waals surface area contributed by atoms with Gasteiger partial charge in [-0.1, -0.05) is 17.7 Å². The van der Waals surface area contributed by atoms with E-state index >= 15 is 0 Å². The second-order valence-electron chi connectivity index (χ2n) is 1.63. The number of carbonyl (C=O) groups excluding carboxylic acids is 1. The third kappa shape index (κ3) is 2.94. The van der Waals surface area contributed by atoms with E-state index in [1.807, 2.05) is 0 Å². The van der Waals surface area contributed by atoms with Gasteiger partial charge in [0, 0.05) is 0 Å². The Kier molecular flexibility index (Phi) is 4.20. The number of hydrogen-bond acceptors (Lipinski definition) is 3. The SMILES string of the molecule is O=C([O-])c1cccc(Cl)n1.[Li+]. The summed E-state index contributed by atoms with van der Waals surface area (Å²) in [6.07, 6.45) is 0. The minimum absolute atomic E-state index is 0. The minimum Gasteiger partial charge on any atom is -0.543 e. The van der Waals surface area contributed by atoms with Gasteiger partial charge in [-0.25, -0.2) is 4.98 Å². The Bertz CT molecular complexity index is 267. The largest absolute Gasteiger partial charge is 1.00 e. The molecular formula is C6H3ClLiNO2. The zero-order chi connectivity index (χ0) is 7.56. The fraction of sp³-hybridized carbons (Fsp3) is 0. The molecule has 0 aliphatic carbocycles. The monoisotopic (exact) mass is 163 g/mol. The van der Waals surface area contributed by atoms with Crippen LogP contribution < -0.4 is 24.0 Å². The number of rotatable bonds is 1. The van der Waals surface area contributed by atoms with Crippen LogP contribution in [-0.2, 0) is 0 Å². The number of carboxylic acids is 1. The van der Waals surface area contributed by atoms with Crippen LogP contribution in [-0.4, -0.2) is 11.0 Å². The van der Waals surface area contributed by atoms with E-state index in [0.29, 0.717) is 0 Å². The Hall–Kier alpha value is -0.493. The van der Waals surface area contributed by atoms with E-state index in [1.165, 1.54) is 18.2 Å². The average molecular weight is 163 g/mol. The summed E-state index contributed by atoms with van der Waals surface area (Å²) >= 11 is 5.39. The molecule has 52 valence electrons. The second-order valence-corrected chi connectivity index (χ2v) is 2.02. The van der Waals surface area contributed by atoms with Crippen LogP contribution in [0, 0.1) is 0 Å². The summed E-state index contributed by atoms with van der Waals surface area (Å²) in [6, 6.07) is 4.32. The maximum Gasteiger partial charge on any atom is 1.00 e. The molecule has 0 atom stereocenters. The summed E-state index contributed by atoms with van der Waals surface area (Å²) in [7, 11) is 0. The summed E-state index contributed by atoms with van der Waals surface area (Å²) in [5.41, 5.74) is -0.146. The van der Waals surface area contributed by atoms with Crippen LogP contribution in [0.5, 0.6) is 0 Å².